The van der Waals surface area contributed by atoms with Crippen LogP contribution in [0, 0.1) is 11.3 Å². The number of hydrogen-bond donors (Lipinski definition) is 2. The van der Waals surface area contributed by atoms with Gasteiger partial charge in [-0.3, -0.25) is 4.79 Å². The lowest BCUT2D eigenvalue weighted by Crippen LogP contribution is -2.28. The first kappa shape index (κ1) is 12.7. The molecule has 0 aliphatic heterocycles. The van der Waals surface area contributed by atoms with Crippen LogP contribution in [-0.4, -0.2) is 23.5 Å². The van der Waals surface area contributed by atoms with Crippen LogP contribution in [0.15, 0.2) is 11.1 Å². The molecule has 0 saturated heterocycles. The maximum atomic E-state index is 11.6. The van der Waals surface area contributed by atoms with E-state index in [-0.39, 0.29) is 17.1 Å². The molecule has 1 aliphatic carbocycles. The van der Waals surface area contributed by atoms with E-state index in [9.17, 15) is 9.59 Å². The summed E-state index contributed by atoms with van der Waals surface area (Å²) in [4.78, 5) is 22.3. The zero-order valence-electron chi connectivity index (χ0n) is 10.3. The number of carboxylic acids is 1. The van der Waals surface area contributed by atoms with Crippen LogP contribution in [-0.2, 0) is 9.59 Å². The Morgan fingerprint density at radius 2 is 1.81 bits per heavy atom. The van der Waals surface area contributed by atoms with E-state index in [4.69, 9.17) is 5.11 Å². The van der Waals surface area contributed by atoms with Gasteiger partial charge >= 0.3 is 5.97 Å². The number of aliphatic carboxylic acids is 1. The van der Waals surface area contributed by atoms with E-state index in [1.165, 1.54) is 13.8 Å². The molecule has 0 aromatic rings. The van der Waals surface area contributed by atoms with E-state index in [1.807, 2.05) is 0 Å². The summed E-state index contributed by atoms with van der Waals surface area (Å²) in [6, 6.07) is 0. The SMILES string of the molecule is CC(C(=O)O)=C(C)C(=O)NCC1CC1(C)C. The van der Waals surface area contributed by atoms with E-state index in [0.29, 0.717) is 17.9 Å². The zero-order valence-corrected chi connectivity index (χ0v) is 10.3. The number of carboxylic acid groups (broad SMARTS) is 1. The number of carbonyl (C=O) groups is 2. The van der Waals surface area contributed by atoms with Crippen LogP contribution in [0.5, 0.6) is 0 Å². The summed E-state index contributed by atoms with van der Waals surface area (Å²) in [6.45, 7) is 7.94. The Bertz CT molecular complexity index is 355. The molecule has 1 amide bonds. The van der Waals surface area contributed by atoms with Crippen LogP contribution in [0.4, 0.5) is 0 Å². The van der Waals surface area contributed by atoms with E-state index in [1.54, 1.807) is 0 Å². The van der Waals surface area contributed by atoms with Gasteiger partial charge in [0.25, 0.3) is 0 Å². The van der Waals surface area contributed by atoms with Gasteiger partial charge in [-0.15, -0.1) is 0 Å². The van der Waals surface area contributed by atoms with Crippen molar-refractivity contribution in [3.8, 4) is 0 Å². The van der Waals surface area contributed by atoms with Crippen LogP contribution in [0.3, 0.4) is 0 Å². The van der Waals surface area contributed by atoms with Gasteiger partial charge in [0.05, 0.1) is 0 Å². The lowest BCUT2D eigenvalue weighted by Gasteiger charge is -2.07. The molecule has 0 radical (unpaired) electrons. The first-order valence-electron chi connectivity index (χ1n) is 5.44. The Hall–Kier alpha value is -1.32. The first-order chi connectivity index (χ1) is 7.25. The lowest BCUT2D eigenvalue weighted by molar-refractivity contribution is -0.133. The van der Waals surface area contributed by atoms with Gasteiger partial charge < -0.3 is 10.4 Å². The largest absolute Gasteiger partial charge is 0.478 e. The highest BCUT2D eigenvalue weighted by atomic mass is 16.4. The fourth-order valence-corrected chi connectivity index (χ4v) is 1.60. The van der Waals surface area contributed by atoms with Gasteiger partial charge in [0.2, 0.25) is 5.91 Å². The van der Waals surface area contributed by atoms with Crippen molar-refractivity contribution in [2.75, 3.05) is 6.54 Å². The highest BCUT2D eigenvalue weighted by Gasteiger charge is 2.45. The fraction of sp³-hybridized carbons (Fsp3) is 0.667. The van der Waals surface area contributed by atoms with Gasteiger partial charge in [-0.25, -0.2) is 4.79 Å². The quantitative estimate of drug-likeness (QED) is 0.714. The summed E-state index contributed by atoms with van der Waals surface area (Å²) in [7, 11) is 0. The average Bonchev–Trinajstić information content (AvgIpc) is 2.80. The second-order valence-corrected chi connectivity index (χ2v) is 5.15. The topological polar surface area (TPSA) is 66.4 Å². The van der Waals surface area contributed by atoms with Crippen LogP contribution in [0.25, 0.3) is 0 Å². The zero-order chi connectivity index (χ0) is 12.5. The molecule has 0 spiro atoms. The normalized spacial score (nSPS) is 23.4. The molecule has 0 aromatic heterocycles. The molecule has 1 unspecified atom stereocenters. The molecular formula is C12H19NO3. The maximum absolute atomic E-state index is 11.6. The molecule has 0 aromatic carbocycles. The van der Waals surface area contributed by atoms with Crippen molar-refractivity contribution in [1.29, 1.82) is 0 Å². The van der Waals surface area contributed by atoms with Gasteiger partial charge in [-0.2, -0.15) is 0 Å². The summed E-state index contributed by atoms with van der Waals surface area (Å²) in [5.74, 6) is -0.795. The van der Waals surface area contributed by atoms with Crippen molar-refractivity contribution in [1.82, 2.24) is 5.32 Å². The number of amides is 1. The summed E-state index contributed by atoms with van der Waals surface area (Å²) in [5.41, 5.74) is 0.714. The standard InChI is InChI=1S/C12H19NO3/c1-7(8(2)11(15)16)10(14)13-6-9-5-12(9,3)4/h9H,5-6H2,1-4H3,(H,13,14)(H,15,16). The van der Waals surface area contributed by atoms with Crippen LogP contribution in [0.1, 0.15) is 34.1 Å². The number of hydrogen-bond acceptors (Lipinski definition) is 2. The third-order valence-corrected chi connectivity index (χ3v) is 3.45. The molecule has 4 heteroatoms. The molecule has 1 saturated carbocycles. The molecule has 1 fully saturated rings. The lowest BCUT2D eigenvalue weighted by atomic mass is 10.1. The van der Waals surface area contributed by atoms with E-state index in [0.717, 1.165) is 6.42 Å². The van der Waals surface area contributed by atoms with E-state index in [2.05, 4.69) is 19.2 Å². The number of nitrogens with one attached hydrogen (secondary N) is 1. The Labute approximate surface area is 95.7 Å². The van der Waals surface area contributed by atoms with Crippen LogP contribution < -0.4 is 5.32 Å². The molecule has 2 N–H and O–H groups in total. The van der Waals surface area contributed by atoms with Crippen molar-refractivity contribution in [2.24, 2.45) is 11.3 Å². The van der Waals surface area contributed by atoms with Crippen molar-refractivity contribution in [3.05, 3.63) is 11.1 Å². The minimum Gasteiger partial charge on any atom is -0.478 e. The highest BCUT2D eigenvalue weighted by molar-refractivity contribution is 6.01. The van der Waals surface area contributed by atoms with Gasteiger partial charge in [0.1, 0.15) is 0 Å². The second kappa shape index (κ2) is 4.28. The average molecular weight is 225 g/mol. The van der Waals surface area contributed by atoms with Crippen molar-refractivity contribution in [3.63, 3.8) is 0 Å². The second-order valence-electron chi connectivity index (χ2n) is 5.15. The van der Waals surface area contributed by atoms with Gasteiger partial charge in [0.15, 0.2) is 0 Å². The monoisotopic (exact) mass is 225 g/mol. The molecule has 1 atom stereocenters. The van der Waals surface area contributed by atoms with Gasteiger partial charge in [-0.1, -0.05) is 13.8 Å². The molecule has 90 valence electrons. The molecule has 16 heavy (non-hydrogen) atoms. The highest BCUT2D eigenvalue weighted by Crippen LogP contribution is 2.50. The Balaban J connectivity index is 2.47. The molecule has 1 aliphatic rings. The molecular weight excluding hydrogens is 206 g/mol. The Morgan fingerprint density at radius 3 is 2.19 bits per heavy atom. The summed E-state index contributed by atoms with van der Waals surface area (Å²) < 4.78 is 0. The van der Waals surface area contributed by atoms with Crippen molar-refractivity contribution < 1.29 is 14.7 Å². The summed E-state index contributed by atoms with van der Waals surface area (Å²) in [6.07, 6.45) is 1.12. The van der Waals surface area contributed by atoms with Crippen LogP contribution >= 0.6 is 0 Å². The number of carbonyl (C=O) groups excluding carboxylic acids is 1. The van der Waals surface area contributed by atoms with Gasteiger partial charge in [-0.05, 0) is 31.6 Å². The third-order valence-electron chi connectivity index (χ3n) is 3.45. The van der Waals surface area contributed by atoms with Gasteiger partial charge in [0, 0.05) is 17.7 Å². The van der Waals surface area contributed by atoms with E-state index >= 15 is 0 Å². The van der Waals surface area contributed by atoms with Crippen molar-refractivity contribution in [2.45, 2.75) is 34.1 Å². The smallest absolute Gasteiger partial charge is 0.331 e. The molecule has 1 rings (SSSR count). The Morgan fingerprint density at radius 1 is 1.31 bits per heavy atom. The molecule has 4 nitrogen and oxygen atoms in total. The molecule has 0 heterocycles. The molecule has 0 bridgehead atoms. The maximum Gasteiger partial charge on any atom is 0.331 e. The summed E-state index contributed by atoms with van der Waals surface area (Å²) >= 11 is 0. The van der Waals surface area contributed by atoms with Crippen LogP contribution in [0.2, 0.25) is 0 Å². The first-order valence-corrected chi connectivity index (χ1v) is 5.44. The predicted molar refractivity (Wildman–Crippen MR) is 60.9 cm³/mol. The number of rotatable bonds is 4. The summed E-state index contributed by atoms with van der Waals surface area (Å²) in [5, 5.41) is 11.5. The minimum absolute atomic E-state index is 0.104. The third kappa shape index (κ3) is 2.84. The Kier molecular flexibility index (Phi) is 3.41. The van der Waals surface area contributed by atoms with Crippen molar-refractivity contribution >= 4 is 11.9 Å². The minimum atomic E-state index is -1.04. The predicted octanol–water partition coefficient (Wildman–Crippen LogP) is 1.57. The van der Waals surface area contributed by atoms with E-state index < -0.39 is 5.97 Å². The fourth-order valence-electron chi connectivity index (χ4n) is 1.60.